The van der Waals surface area contributed by atoms with Crippen molar-refractivity contribution in [1.29, 1.82) is 0 Å². The normalized spacial score (nSPS) is 9.57. The average Bonchev–Trinajstić information content (AvgIpc) is 2.26. The number of nitrogens with one attached hydrogen (secondary N) is 1. The molecule has 75 valence electrons. The fourth-order valence-electron chi connectivity index (χ4n) is 1.05. The molecule has 0 aliphatic rings. The molecular weight excluding hydrogens is 178 g/mol. The summed E-state index contributed by atoms with van der Waals surface area (Å²) in [5.41, 5.74) is 0.638. The number of amides is 1. The minimum atomic E-state index is -0.0729. The number of carbonyl (C=O) groups excluding carboxylic acids is 1. The highest BCUT2D eigenvalue weighted by molar-refractivity contribution is 5.94. The van der Waals surface area contributed by atoms with E-state index in [1.807, 2.05) is 0 Å². The Hall–Kier alpha value is -1.51. The van der Waals surface area contributed by atoms with E-state index in [-0.39, 0.29) is 5.91 Å². The first kappa shape index (κ1) is 10.6. The van der Waals surface area contributed by atoms with Gasteiger partial charge in [0.1, 0.15) is 5.75 Å². The summed E-state index contributed by atoms with van der Waals surface area (Å²) in [7, 11) is 1.60. The van der Waals surface area contributed by atoms with Crippen molar-refractivity contribution >= 4 is 5.91 Å². The smallest absolute Gasteiger partial charge is 0.251 e. The molecule has 0 bridgehead atoms. The van der Waals surface area contributed by atoms with Gasteiger partial charge in [-0.05, 0) is 30.7 Å². The number of hydrogen-bond acceptors (Lipinski definition) is 2. The maximum Gasteiger partial charge on any atom is 0.251 e. The summed E-state index contributed by atoms with van der Waals surface area (Å²) in [6.45, 7) is 4.25. The first-order valence-corrected chi connectivity index (χ1v) is 4.49. The molecule has 0 saturated heterocycles. The summed E-state index contributed by atoms with van der Waals surface area (Å²) in [4.78, 5) is 11.4. The van der Waals surface area contributed by atoms with Crippen LogP contribution in [0.2, 0.25) is 0 Å². The summed E-state index contributed by atoms with van der Waals surface area (Å²) in [6, 6.07) is 6.99. The van der Waals surface area contributed by atoms with Gasteiger partial charge >= 0.3 is 0 Å². The largest absolute Gasteiger partial charge is 0.497 e. The van der Waals surface area contributed by atoms with Crippen molar-refractivity contribution in [2.24, 2.45) is 0 Å². The van der Waals surface area contributed by atoms with E-state index in [9.17, 15) is 4.79 Å². The molecule has 3 nitrogen and oxygen atoms in total. The zero-order chi connectivity index (χ0) is 10.4. The van der Waals surface area contributed by atoms with Crippen molar-refractivity contribution in [2.75, 3.05) is 13.7 Å². The Kier molecular flexibility index (Phi) is 3.98. The van der Waals surface area contributed by atoms with E-state index in [1.165, 1.54) is 0 Å². The molecular formula is C11H14NO2. The van der Waals surface area contributed by atoms with E-state index in [0.717, 1.165) is 5.75 Å². The van der Waals surface area contributed by atoms with Crippen molar-refractivity contribution in [2.45, 2.75) is 6.42 Å². The summed E-state index contributed by atoms with van der Waals surface area (Å²) in [5.74, 6) is 0.676. The summed E-state index contributed by atoms with van der Waals surface area (Å²) < 4.78 is 4.99. The molecule has 1 radical (unpaired) electrons. The highest BCUT2D eigenvalue weighted by atomic mass is 16.5. The molecule has 1 N–H and O–H groups in total. The third-order valence-corrected chi connectivity index (χ3v) is 1.81. The monoisotopic (exact) mass is 192 g/mol. The lowest BCUT2D eigenvalue weighted by atomic mass is 10.2. The van der Waals surface area contributed by atoms with Gasteiger partial charge in [-0.2, -0.15) is 0 Å². The highest BCUT2D eigenvalue weighted by Crippen LogP contribution is 2.10. The van der Waals surface area contributed by atoms with Crippen LogP contribution in [0.25, 0.3) is 0 Å². The van der Waals surface area contributed by atoms with E-state index in [1.54, 1.807) is 31.4 Å². The molecule has 0 fully saturated rings. The van der Waals surface area contributed by atoms with Gasteiger partial charge in [0.15, 0.2) is 0 Å². The first-order chi connectivity index (χ1) is 6.77. The van der Waals surface area contributed by atoms with Crippen LogP contribution in [0.5, 0.6) is 5.75 Å². The molecule has 0 unspecified atom stereocenters. The quantitative estimate of drug-likeness (QED) is 0.787. The molecule has 1 aromatic carbocycles. The molecule has 1 amide bonds. The molecule has 0 spiro atoms. The van der Waals surface area contributed by atoms with E-state index < -0.39 is 0 Å². The second-order valence-corrected chi connectivity index (χ2v) is 2.84. The van der Waals surface area contributed by atoms with Crippen LogP contribution in [0.1, 0.15) is 16.8 Å². The summed E-state index contributed by atoms with van der Waals surface area (Å²) in [6.07, 6.45) is 0.696. The Balaban J connectivity index is 2.62. The van der Waals surface area contributed by atoms with Gasteiger partial charge in [0.25, 0.3) is 5.91 Å². The van der Waals surface area contributed by atoms with Gasteiger partial charge < -0.3 is 10.1 Å². The minimum Gasteiger partial charge on any atom is -0.497 e. The second kappa shape index (κ2) is 5.27. The number of methoxy groups -OCH3 is 1. The predicted molar refractivity (Wildman–Crippen MR) is 55.3 cm³/mol. The molecule has 1 aromatic rings. The van der Waals surface area contributed by atoms with Crippen LogP contribution < -0.4 is 10.1 Å². The van der Waals surface area contributed by atoms with E-state index in [0.29, 0.717) is 18.5 Å². The maximum atomic E-state index is 11.4. The van der Waals surface area contributed by atoms with Gasteiger partial charge in [-0.1, -0.05) is 6.92 Å². The Morgan fingerprint density at radius 2 is 2.07 bits per heavy atom. The lowest BCUT2D eigenvalue weighted by molar-refractivity contribution is 0.0954. The predicted octanol–water partition coefficient (Wildman–Crippen LogP) is 1.65. The maximum absolute atomic E-state index is 11.4. The lowest BCUT2D eigenvalue weighted by Crippen LogP contribution is -2.23. The van der Waals surface area contributed by atoms with Crippen molar-refractivity contribution in [1.82, 2.24) is 5.32 Å². The van der Waals surface area contributed by atoms with E-state index >= 15 is 0 Å². The van der Waals surface area contributed by atoms with Crippen LogP contribution in [0, 0.1) is 6.92 Å². The van der Waals surface area contributed by atoms with Gasteiger partial charge in [0.05, 0.1) is 7.11 Å². The molecule has 0 aromatic heterocycles. The van der Waals surface area contributed by atoms with Gasteiger partial charge in [0, 0.05) is 12.1 Å². The van der Waals surface area contributed by atoms with Gasteiger partial charge in [-0.3, -0.25) is 4.79 Å². The van der Waals surface area contributed by atoms with Gasteiger partial charge in [-0.25, -0.2) is 0 Å². The fourth-order valence-corrected chi connectivity index (χ4v) is 1.05. The van der Waals surface area contributed by atoms with Crippen molar-refractivity contribution in [3.63, 3.8) is 0 Å². The van der Waals surface area contributed by atoms with Crippen LogP contribution in [0.15, 0.2) is 24.3 Å². The third kappa shape index (κ3) is 2.76. The minimum absolute atomic E-state index is 0.0729. The fraction of sp³-hybridized carbons (Fsp3) is 0.273. The van der Waals surface area contributed by atoms with Gasteiger partial charge in [-0.15, -0.1) is 0 Å². The zero-order valence-electron chi connectivity index (χ0n) is 8.25. The summed E-state index contributed by atoms with van der Waals surface area (Å²) >= 11 is 0. The molecule has 3 heteroatoms. The SMILES string of the molecule is [CH2]CCNC(=O)c1ccc(OC)cc1. The lowest BCUT2D eigenvalue weighted by Gasteiger charge is -2.04. The number of carbonyl (C=O) groups is 1. The number of hydrogen-bond donors (Lipinski definition) is 1. The summed E-state index contributed by atoms with van der Waals surface area (Å²) in [5, 5.41) is 2.74. The topological polar surface area (TPSA) is 38.3 Å². The van der Waals surface area contributed by atoms with Crippen molar-refractivity contribution in [3.05, 3.63) is 36.8 Å². The molecule has 0 aliphatic heterocycles. The Bertz CT molecular complexity index is 293. The molecule has 0 saturated carbocycles. The Morgan fingerprint density at radius 1 is 1.43 bits per heavy atom. The van der Waals surface area contributed by atoms with Crippen LogP contribution in [-0.2, 0) is 0 Å². The number of benzene rings is 1. The molecule has 0 atom stereocenters. The van der Waals surface area contributed by atoms with Crippen LogP contribution in [-0.4, -0.2) is 19.6 Å². The third-order valence-electron chi connectivity index (χ3n) is 1.81. The van der Waals surface area contributed by atoms with Crippen LogP contribution in [0.4, 0.5) is 0 Å². The van der Waals surface area contributed by atoms with Crippen molar-refractivity contribution < 1.29 is 9.53 Å². The zero-order valence-corrected chi connectivity index (χ0v) is 8.25. The molecule has 0 aliphatic carbocycles. The van der Waals surface area contributed by atoms with Crippen LogP contribution >= 0.6 is 0 Å². The molecule has 14 heavy (non-hydrogen) atoms. The Morgan fingerprint density at radius 3 is 2.57 bits per heavy atom. The van der Waals surface area contributed by atoms with Crippen LogP contribution in [0.3, 0.4) is 0 Å². The Labute approximate surface area is 84.1 Å². The van der Waals surface area contributed by atoms with Crippen molar-refractivity contribution in [3.8, 4) is 5.75 Å². The number of rotatable bonds is 4. The number of ether oxygens (including phenoxy) is 1. The van der Waals surface area contributed by atoms with E-state index in [4.69, 9.17) is 4.74 Å². The van der Waals surface area contributed by atoms with E-state index in [2.05, 4.69) is 12.2 Å². The average molecular weight is 192 g/mol. The van der Waals surface area contributed by atoms with Gasteiger partial charge in [0.2, 0.25) is 0 Å². The first-order valence-electron chi connectivity index (χ1n) is 4.49. The molecule has 0 heterocycles. The molecule has 1 rings (SSSR count). The highest BCUT2D eigenvalue weighted by Gasteiger charge is 2.03. The standard InChI is InChI=1S/C11H14NO2/c1-3-8-12-11(13)9-4-6-10(14-2)7-5-9/h4-7H,1,3,8H2,2H3,(H,12,13). The second-order valence-electron chi connectivity index (χ2n) is 2.84.